The fourth-order valence-corrected chi connectivity index (χ4v) is 2.38. The third-order valence-electron chi connectivity index (χ3n) is 3.37. The third kappa shape index (κ3) is 2.70. The fourth-order valence-electron chi connectivity index (χ4n) is 2.38. The molecular weight excluding hydrogens is 260 g/mol. The quantitative estimate of drug-likeness (QED) is 0.783. The molecule has 0 aromatic heterocycles. The Kier molecular flexibility index (Phi) is 3.85. The number of Topliss-reactive ketones (excluding diaryl/α,β-unsaturated/α-hetero) is 1. The highest BCUT2D eigenvalue weighted by molar-refractivity contribution is 6.03. The molecule has 0 saturated carbocycles. The summed E-state index contributed by atoms with van der Waals surface area (Å²) < 4.78 is 0. The Labute approximate surface area is 116 Å². The van der Waals surface area contributed by atoms with Crippen LogP contribution in [-0.2, 0) is 16.0 Å². The highest BCUT2D eigenvalue weighted by Crippen LogP contribution is 2.29. The Bertz CT molecular complexity index is 583. The van der Waals surface area contributed by atoms with E-state index >= 15 is 0 Å². The van der Waals surface area contributed by atoms with Crippen molar-refractivity contribution in [3.8, 4) is 0 Å². The van der Waals surface area contributed by atoms with Gasteiger partial charge in [0, 0.05) is 24.7 Å². The molecule has 0 bridgehead atoms. The summed E-state index contributed by atoms with van der Waals surface area (Å²) in [7, 11) is 0. The molecule has 1 aliphatic heterocycles. The van der Waals surface area contributed by atoms with Crippen LogP contribution in [0.2, 0.25) is 0 Å². The van der Waals surface area contributed by atoms with Crippen LogP contribution in [0.1, 0.15) is 29.3 Å². The maximum absolute atomic E-state index is 12.0. The summed E-state index contributed by atoms with van der Waals surface area (Å²) in [6.07, 6.45) is 0.291. The highest BCUT2D eigenvalue weighted by atomic mass is 16.4. The van der Waals surface area contributed by atoms with Crippen molar-refractivity contribution in [3.05, 3.63) is 29.3 Å². The number of nitrogens with two attached hydrogens (primary N) is 1. The predicted octanol–water partition coefficient (Wildman–Crippen LogP) is 0.580. The lowest BCUT2D eigenvalue weighted by molar-refractivity contribution is -0.137. The number of fused-ring (bicyclic) bond motifs is 1. The van der Waals surface area contributed by atoms with Crippen LogP contribution >= 0.6 is 0 Å². The van der Waals surface area contributed by atoms with Crippen LogP contribution in [0.3, 0.4) is 0 Å². The molecule has 1 heterocycles. The van der Waals surface area contributed by atoms with Crippen LogP contribution in [0.15, 0.2) is 18.2 Å². The van der Waals surface area contributed by atoms with Crippen molar-refractivity contribution < 1.29 is 19.5 Å². The smallest absolute Gasteiger partial charge is 0.305 e. The van der Waals surface area contributed by atoms with E-state index in [4.69, 9.17) is 10.8 Å². The standard InChI is InChI=1S/C14H16N2O4/c1-8(17)16-5-4-9-6-10(2-3-12(9)16)14(20)11(15)7-13(18)19/h2-3,6,11H,4-5,7,15H2,1H3,(H,18,19). The minimum atomic E-state index is -1.10. The third-order valence-corrected chi connectivity index (χ3v) is 3.37. The molecule has 6 heteroatoms. The molecule has 1 aromatic rings. The Hall–Kier alpha value is -2.21. The van der Waals surface area contributed by atoms with Gasteiger partial charge in [-0.05, 0) is 30.2 Å². The SMILES string of the molecule is CC(=O)N1CCc2cc(C(=O)C(N)CC(=O)O)ccc21. The van der Waals surface area contributed by atoms with Crippen molar-refractivity contribution in [3.63, 3.8) is 0 Å². The lowest BCUT2D eigenvalue weighted by atomic mass is 9.99. The Morgan fingerprint density at radius 1 is 1.40 bits per heavy atom. The van der Waals surface area contributed by atoms with Gasteiger partial charge in [0.05, 0.1) is 12.5 Å². The van der Waals surface area contributed by atoms with E-state index in [-0.39, 0.29) is 5.91 Å². The highest BCUT2D eigenvalue weighted by Gasteiger charge is 2.25. The molecule has 6 nitrogen and oxygen atoms in total. The zero-order valence-electron chi connectivity index (χ0n) is 11.1. The van der Waals surface area contributed by atoms with Gasteiger partial charge >= 0.3 is 5.97 Å². The van der Waals surface area contributed by atoms with Crippen molar-refractivity contribution in [2.75, 3.05) is 11.4 Å². The molecule has 0 aliphatic carbocycles. The van der Waals surface area contributed by atoms with Crippen molar-refractivity contribution >= 4 is 23.3 Å². The van der Waals surface area contributed by atoms with Crippen LogP contribution in [0.4, 0.5) is 5.69 Å². The second-order valence-corrected chi connectivity index (χ2v) is 4.83. The lowest BCUT2D eigenvalue weighted by Crippen LogP contribution is -2.33. The lowest BCUT2D eigenvalue weighted by Gasteiger charge is -2.15. The van der Waals surface area contributed by atoms with Gasteiger partial charge in [0.2, 0.25) is 5.91 Å². The molecule has 0 spiro atoms. The number of aliphatic carboxylic acids is 1. The number of nitrogens with zero attached hydrogens (tertiary/aromatic N) is 1. The fraction of sp³-hybridized carbons (Fsp3) is 0.357. The van der Waals surface area contributed by atoms with Gasteiger partial charge in [-0.25, -0.2) is 0 Å². The molecule has 0 saturated heterocycles. The summed E-state index contributed by atoms with van der Waals surface area (Å²) in [6, 6.07) is 3.95. The van der Waals surface area contributed by atoms with E-state index in [2.05, 4.69) is 0 Å². The second kappa shape index (κ2) is 5.42. The maximum atomic E-state index is 12.0. The van der Waals surface area contributed by atoms with Crippen LogP contribution in [0.5, 0.6) is 0 Å². The molecule has 0 fully saturated rings. The number of carbonyl (C=O) groups excluding carboxylic acids is 2. The minimum absolute atomic E-state index is 0.0367. The first-order valence-corrected chi connectivity index (χ1v) is 6.32. The molecule has 106 valence electrons. The van der Waals surface area contributed by atoms with Gasteiger partial charge in [-0.3, -0.25) is 14.4 Å². The molecule has 3 N–H and O–H groups in total. The number of hydrogen-bond acceptors (Lipinski definition) is 4. The summed E-state index contributed by atoms with van der Waals surface area (Å²) in [6.45, 7) is 2.10. The summed E-state index contributed by atoms with van der Waals surface area (Å²) in [5.41, 5.74) is 7.68. The van der Waals surface area contributed by atoms with Crippen molar-refractivity contribution in [1.29, 1.82) is 0 Å². The van der Waals surface area contributed by atoms with Gasteiger partial charge in [0.25, 0.3) is 0 Å². The summed E-state index contributed by atoms with van der Waals surface area (Å²) >= 11 is 0. The van der Waals surface area contributed by atoms with E-state index in [1.807, 2.05) is 0 Å². The molecule has 1 aromatic carbocycles. The summed E-state index contributed by atoms with van der Waals surface area (Å²) in [4.78, 5) is 35.7. The number of carboxylic acids is 1. The van der Waals surface area contributed by atoms with E-state index in [1.165, 1.54) is 6.92 Å². The Morgan fingerprint density at radius 2 is 2.10 bits per heavy atom. The van der Waals surface area contributed by atoms with E-state index in [0.29, 0.717) is 18.5 Å². The number of hydrogen-bond donors (Lipinski definition) is 2. The zero-order chi connectivity index (χ0) is 14.9. The molecule has 1 atom stereocenters. The van der Waals surface area contributed by atoms with Crippen LogP contribution in [0, 0.1) is 0 Å². The van der Waals surface area contributed by atoms with Gasteiger partial charge in [-0.2, -0.15) is 0 Å². The normalized spacial score (nSPS) is 14.8. The average Bonchev–Trinajstić information content (AvgIpc) is 2.79. The summed E-state index contributed by atoms with van der Waals surface area (Å²) in [5, 5.41) is 8.65. The topological polar surface area (TPSA) is 101 Å². The van der Waals surface area contributed by atoms with Crippen molar-refractivity contribution in [1.82, 2.24) is 0 Å². The molecule has 2 rings (SSSR count). The van der Waals surface area contributed by atoms with Crippen LogP contribution in [0.25, 0.3) is 0 Å². The number of rotatable bonds is 4. The molecule has 1 unspecified atom stereocenters. The van der Waals surface area contributed by atoms with Gasteiger partial charge < -0.3 is 15.7 Å². The van der Waals surface area contributed by atoms with Crippen molar-refractivity contribution in [2.24, 2.45) is 5.73 Å². The van der Waals surface area contributed by atoms with E-state index in [0.717, 1.165) is 11.3 Å². The number of anilines is 1. The number of amides is 1. The van der Waals surface area contributed by atoms with E-state index < -0.39 is 24.2 Å². The molecule has 1 amide bonds. The number of carboxylic acid groups (broad SMARTS) is 1. The van der Waals surface area contributed by atoms with Gasteiger partial charge in [0.15, 0.2) is 5.78 Å². The first kappa shape index (κ1) is 14.2. The Balaban J connectivity index is 2.22. The zero-order valence-corrected chi connectivity index (χ0v) is 11.1. The first-order chi connectivity index (χ1) is 9.40. The van der Waals surface area contributed by atoms with E-state index in [1.54, 1.807) is 23.1 Å². The Morgan fingerprint density at radius 3 is 2.70 bits per heavy atom. The van der Waals surface area contributed by atoms with Gasteiger partial charge in [-0.15, -0.1) is 0 Å². The van der Waals surface area contributed by atoms with Gasteiger partial charge in [-0.1, -0.05) is 0 Å². The molecular formula is C14H16N2O4. The predicted molar refractivity (Wildman–Crippen MR) is 72.7 cm³/mol. The minimum Gasteiger partial charge on any atom is -0.481 e. The molecule has 1 aliphatic rings. The second-order valence-electron chi connectivity index (χ2n) is 4.83. The number of carbonyl (C=O) groups is 3. The van der Waals surface area contributed by atoms with Crippen LogP contribution in [-0.4, -0.2) is 35.4 Å². The summed E-state index contributed by atoms with van der Waals surface area (Å²) in [5.74, 6) is -1.53. The number of ketones is 1. The van der Waals surface area contributed by atoms with Crippen molar-refractivity contribution in [2.45, 2.75) is 25.8 Å². The maximum Gasteiger partial charge on any atom is 0.305 e. The average molecular weight is 276 g/mol. The first-order valence-electron chi connectivity index (χ1n) is 6.32. The monoisotopic (exact) mass is 276 g/mol. The molecule has 0 radical (unpaired) electrons. The van der Waals surface area contributed by atoms with E-state index in [9.17, 15) is 14.4 Å². The van der Waals surface area contributed by atoms with Crippen LogP contribution < -0.4 is 10.6 Å². The largest absolute Gasteiger partial charge is 0.481 e. The van der Waals surface area contributed by atoms with Gasteiger partial charge in [0.1, 0.15) is 0 Å². The number of benzene rings is 1. The molecule has 20 heavy (non-hydrogen) atoms.